The molecule has 2 heterocycles. The van der Waals surface area contributed by atoms with Gasteiger partial charge >= 0.3 is 0 Å². The Hall–Kier alpha value is -1.92. The lowest BCUT2D eigenvalue weighted by molar-refractivity contribution is 0.286. The van der Waals surface area contributed by atoms with Crippen molar-refractivity contribution in [3.8, 4) is 5.75 Å². The zero-order valence-electron chi connectivity index (χ0n) is 10.9. The molecule has 0 saturated carbocycles. The van der Waals surface area contributed by atoms with E-state index in [1.165, 1.54) is 6.07 Å². The Bertz CT molecular complexity index is 706. The van der Waals surface area contributed by atoms with E-state index < -0.39 is 5.82 Å². The van der Waals surface area contributed by atoms with Crippen LogP contribution in [-0.2, 0) is 6.61 Å². The molecule has 3 aromatic rings. The molecule has 104 valence electrons. The van der Waals surface area contributed by atoms with Crippen molar-refractivity contribution in [1.82, 2.24) is 9.38 Å². The Morgan fingerprint density at radius 1 is 1.50 bits per heavy atom. The second-order valence-corrected chi connectivity index (χ2v) is 5.47. The van der Waals surface area contributed by atoms with Gasteiger partial charge in [0.05, 0.1) is 5.69 Å². The minimum absolute atomic E-state index is 0.196. The monoisotopic (exact) mass is 291 g/mol. The first-order chi connectivity index (χ1) is 9.63. The van der Waals surface area contributed by atoms with Crippen LogP contribution in [0, 0.1) is 5.82 Å². The summed E-state index contributed by atoms with van der Waals surface area (Å²) in [4.78, 5) is 5.28. The summed E-state index contributed by atoms with van der Waals surface area (Å²) in [7, 11) is 0. The first-order valence-corrected chi connectivity index (χ1v) is 7.10. The van der Waals surface area contributed by atoms with Crippen LogP contribution in [0.1, 0.15) is 24.2 Å². The summed E-state index contributed by atoms with van der Waals surface area (Å²) in [6.45, 7) is 2.05. The van der Waals surface area contributed by atoms with Crippen molar-refractivity contribution in [2.24, 2.45) is 5.73 Å². The van der Waals surface area contributed by atoms with Crippen molar-refractivity contribution in [2.75, 3.05) is 0 Å². The Kier molecular flexibility index (Phi) is 3.42. The number of halogens is 1. The van der Waals surface area contributed by atoms with Crippen LogP contribution >= 0.6 is 11.3 Å². The Labute approximate surface area is 119 Å². The zero-order valence-corrected chi connectivity index (χ0v) is 11.7. The van der Waals surface area contributed by atoms with Crippen molar-refractivity contribution >= 4 is 16.3 Å². The molecule has 0 spiro atoms. The maximum atomic E-state index is 13.9. The molecule has 0 unspecified atom stereocenters. The molecule has 0 bridgehead atoms. The summed E-state index contributed by atoms with van der Waals surface area (Å²) in [5.74, 6) is -0.188. The van der Waals surface area contributed by atoms with Gasteiger partial charge in [-0.2, -0.15) is 0 Å². The highest BCUT2D eigenvalue weighted by atomic mass is 32.1. The summed E-state index contributed by atoms with van der Waals surface area (Å²) < 4.78 is 21.2. The van der Waals surface area contributed by atoms with Crippen LogP contribution in [0.2, 0.25) is 0 Å². The lowest BCUT2D eigenvalue weighted by Crippen LogP contribution is -2.06. The summed E-state index contributed by atoms with van der Waals surface area (Å²) >= 11 is 1.55. The van der Waals surface area contributed by atoms with Gasteiger partial charge in [0.25, 0.3) is 0 Å². The first kappa shape index (κ1) is 13.1. The average molecular weight is 291 g/mol. The van der Waals surface area contributed by atoms with Crippen LogP contribution < -0.4 is 10.5 Å². The van der Waals surface area contributed by atoms with E-state index in [0.29, 0.717) is 0 Å². The molecule has 0 amide bonds. The van der Waals surface area contributed by atoms with Crippen LogP contribution in [0.3, 0.4) is 0 Å². The fourth-order valence-electron chi connectivity index (χ4n) is 1.91. The highest BCUT2D eigenvalue weighted by Gasteiger charge is 2.09. The van der Waals surface area contributed by atoms with Gasteiger partial charge in [-0.05, 0) is 24.6 Å². The second-order valence-electron chi connectivity index (χ2n) is 4.59. The average Bonchev–Trinajstić information content (AvgIpc) is 2.97. The molecule has 6 heteroatoms. The quantitative estimate of drug-likeness (QED) is 0.803. The number of hydrogen-bond donors (Lipinski definition) is 1. The van der Waals surface area contributed by atoms with Gasteiger partial charge in [-0.3, -0.25) is 4.40 Å². The minimum Gasteiger partial charge on any atom is -0.484 e. The molecule has 0 aliphatic carbocycles. The Morgan fingerprint density at radius 3 is 3.05 bits per heavy atom. The Balaban J connectivity index is 1.73. The molecule has 0 saturated heterocycles. The van der Waals surface area contributed by atoms with Gasteiger partial charge in [0.2, 0.25) is 0 Å². The minimum atomic E-state index is -0.402. The molecule has 2 N–H and O–H groups in total. The molecule has 20 heavy (non-hydrogen) atoms. The van der Waals surface area contributed by atoms with E-state index in [1.807, 2.05) is 29.1 Å². The third-order valence-electron chi connectivity index (χ3n) is 3.00. The van der Waals surface area contributed by atoms with Crippen LogP contribution in [-0.4, -0.2) is 9.38 Å². The number of ether oxygens (including phenoxy) is 1. The number of rotatable bonds is 4. The topological polar surface area (TPSA) is 52.5 Å². The number of nitrogens with zero attached hydrogens (tertiary/aromatic N) is 2. The number of nitrogens with two attached hydrogens (primary N) is 1. The van der Waals surface area contributed by atoms with E-state index in [0.717, 1.165) is 16.2 Å². The van der Waals surface area contributed by atoms with Crippen LogP contribution in [0.5, 0.6) is 5.75 Å². The van der Waals surface area contributed by atoms with Crippen LogP contribution in [0.4, 0.5) is 4.39 Å². The molecule has 4 nitrogen and oxygen atoms in total. The van der Waals surface area contributed by atoms with Gasteiger partial charge in [0, 0.05) is 23.8 Å². The zero-order chi connectivity index (χ0) is 14.1. The summed E-state index contributed by atoms with van der Waals surface area (Å²) in [5.41, 5.74) is 7.23. The highest BCUT2D eigenvalue weighted by molar-refractivity contribution is 7.15. The normalized spacial score (nSPS) is 12.8. The van der Waals surface area contributed by atoms with E-state index in [9.17, 15) is 4.39 Å². The molecule has 1 aromatic carbocycles. The number of fused-ring (bicyclic) bond motifs is 1. The smallest absolute Gasteiger partial charge is 0.193 e. The highest BCUT2D eigenvalue weighted by Crippen LogP contribution is 2.22. The van der Waals surface area contributed by atoms with Crippen LogP contribution in [0.25, 0.3) is 4.96 Å². The number of aromatic nitrogens is 2. The summed E-state index contributed by atoms with van der Waals surface area (Å²) in [5, 5.41) is 1.96. The second kappa shape index (κ2) is 5.22. The molecule has 0 fully saturated rings. The molecule has 0 radical (unpaired) electrons. The first-order valence-electron chi connectivity index (χ1n) is 6.22. The number of benzene rings is 1. The lowest BCUT2D eigenvalue weighted by atomic mass is 10.1. The third-order valence-corrected chi connectivity index (χ3v) is 3.77. The fourth-order valence-corrected chi connectivity index (χ4v) is 2.63. The van der Waals surface area contributed by atoms with E-state index in [1.54, 1.807) is 23.5 Å². The summed E-state index contributed by atoms with van der Waals surface area (Å²) in [6.07, 6.45) is 3.80. The van der Waals surface area contributed by atoms with Gasteiger partial charge in [-0.1, -0.05) is 6.07 Å². The Morgan fingerprint density at radius 2 is 2.35 bits per heavy atom. The SMILES string of the molecule is C[C@@H](N)c1ccc(OCc2cn3ccsc3n2)c(F)c1. The lowest BCUT2D eigenvalue weighted by Gasteiger charge is -2.09. The largest absolute Gasteiger partial charge is 0.484 e. The van der Waals surface area contributed by atoms with Gasteiger partial charge in [0.1, 0.15) is 6.61 Å². The van der Waals surface area contributed by atoms with Crippen LogP contribution in [0.15, 0.2) is 36.0 Å². The van der Waals surface area contributed by atoms with Gasteiger partial charge in [-0.25, -0.2) is 9.37 Å². The van der Waals surface area contributed by atoms with E-state index in [2.05, 4.69) is 4.98 Å². The molecular formula is C14H14FN3OS. The van der Waals surface area contributed by atoms with Gasteiger partial charge in [0.15, 0.2) is 16.5 Å². The third kappa shape index (κ3) is 2.52. The number of thiazole rings is 1. The molecule has 0 aliphatic heterocycles. The predicted octanol–water partition coefficient (Wildman–Crippen LogP) is 3.13. The van der Waals surface area contributed by atoms with Crippen molar-refractivity contribution in [1.29, 1.82) is 0 Å². The molecule has 0 aliphatic rings. The summed E-state index contributed by atoms with van der Waals surface area (Å²) in [6, 6.07) is 4.59. The fraction of sp³-hybridized carbons (Fsp3) is 0.214. The molecule has 1 atom stereocenters. The maximum absolute atomic E-state index is 13.9. The van der Waals surface area contributed by atoms with E-state index in [-0.39, 0.29) is 18.4 Å². The van der Waals surface area contributed by atoms with E-state index in [4.69, 9.17) is 10.5 Å². The van der Waals surface area contributed by atoms with Crippen molar-refractivity contribution < 1.29 is 9.13 Å². The van der Waals surface area contributed by atoms with Crippen molar-refractivity contribution in [3.63, 3.8) is 0 Å². The standard InChI is InChI=1S/C14H14FN3OS/c1-9(16)10-2-3-13(12(15)6-10)19-8-11-7-18-4-5-20-14(18)17-11/h2-7,9H,8,16H2,1H3/t9-/m1/s1. The number of imidazole rings is 1. The maximum Gasteiger partial charge on any atom is 0.193 e. The molecule has 2 aromatic heterocycles. The van der Waals surface area contributed by atoms with Gasteiger partial charge < -0.3 is 10.5 Å². The molecule has 3 rings (SSSR count). The number of hydrogen-bond acceptors (Lipinski definition) is 4. The predicted molar refractivity (Wildman–Crippen MR) is 76.4 cm³/mol. The van der Waals surface area contributed by atoms with Gasteiger partial charge in [-0.15, -0.1) is 11.3 Å². The molecular weight excluding hydrogens is 277 g/mol. The van der Waals surface area contributed by atoms with Crippen molar-refractivity contribution in [2.45, 2.75) is 19.6 Å². The van der Waals surface area contributed by atoms with E-state index >= 15 is 0 Å². The van der Waals surface area contributed by atoms with Crippen molar-refractivity contribution in [3.05, 3.63) is 53.0 Å².